The fourth-order valence-corrected chi connectivity index (χ4v) is 2.40. The highest BCUT2D eigenvalue weighted by Crippen LogP contribution is 2.21. The second-order valence-corrected chi connectivity index (χ2v) is 4.90. The Kier molecular flexibility index (Phi) is 3.33. The Morgan fingerprint density at radius 2 is 2.10 bits per heavy atom. The Morgan fingerprint density at radius 1 is 1.30 bits per heavy atom. The lowest BCUT2D eigenvalue weighted by molar-refractivity contribution is 0.471. The number of para-hydroxylation sites is 1. The van der Waals surface area contributed by atoms with Crippen LogP contribution in [0.4, 0.5) is 5.69 Å². The van der Waals surface area contributed by atoms with Gasteiger partial charge in [-0.05, 0) is 31.9 Å². The van der Waals surface area contributed by atoms with E-state index >= 15 is 0 Å². The van der Waals surface area contributed by atoms with E-state index in [4.69, 9.17) is 0 Å². The molecule has 1 N–H and O–H groups in total. The molecule has 0 fully saturated rings. The molecule has 0 amide bonds. The molecule has 3 rings (SSSR count). The quantitative estimate of drug-likeness (QED) is 0.851. The van der Waals surface area contributed by atoms with E-state index in [0.29, 0.717) is 5.82 Å². The predicted molar refractivity (Wildman–Crippen MR) is 79.0 cm³/mol. The summed E-state index contributed by atoms with van der Waals surface area (Å²) in [7, 11) is 0. The van der Waals surface area contributed by atoms with Gasteiger partial charge in [-0.25, -0.2) is 4.98 Å². The van der Waals surface area contributed by atoms with Gasteiger partial charge in [0.05, 0.1) is 5.69 Å². The number of anilines is 1. The second-order valence-electron chi connectivity index (χ2n) is 4.90. The van der Waals surface area contributed by atoms with Crippen molar-refractivity contribution >= 4 is 11.4 Å². The Balaban J connectivity index is 1.95. The number of hydrogen-bond acceptors (Lipinski definition) is 4. The molecule has 1 aliphatic rings. The largest absolute Gasteiger partial charge is 0.289 e. The summed E-state index contributed by atoms with van der Waals surface area (Å²) in [5.41, 5.74) is 4.75. The van der Waals surface area contributed by atoms with E-state index in [1.54, 1.807) is 10.8 Å². The summed E-state index contributed by atoms with van der Waals surface area (Å²) < 4.78 is 1.72. The van der Waals surface area contributed by atoms with E-state index in [1.165, 1.54) is 6.07 Å². The molecule has 1 unspecified atom stereocenters. The fraction of sp³-hybridized carbons (Fsp3) is 0.267. The van der Waals surface area contributed by atoms with Crippen LogP contribution in [0.15, 0.2) is 52.5 Å². The Morgan fingerprint density at radius 3 is 2.90 bits per heavy atom. The average Bonchev–Trinajstić information content (AvgIpc) is 2.48. The third kappa shape index (κ3) is 2.34. The van der Waals surface area contributed by atoms with Gasteiger partial charge < -0.3 is 0 Å². The van der Waals surface area contributed by atoms with Gasteiger partial charge in [0.1, 0.15) is 5.71 Å². The zero-order valence-electron chi connectivity index (χ0n) is 11.3. The minimum Gasteiger partial charge on any atom is -0.289 e. The maximum absolute atomic E-state index is 11.9. The molecule has 2 aromatic rings. The maximum Gasteiger partial charge on any atom is 0.253 e. The van der Waals surface area contributed by atoms with Gasteiger partial charge in [-0.15, -0.1) is 0 Å². The van der Waals surface area contributed by atoms with E-state index in [2.05, 4.69) is 15.5 Å². The molecule has 2 heterocycles. The Hall–Kier alpha value is -2.43. The second kappa shape index (κ2) is 5.28. The topological polar surface area (TPSA) is 59.3 Å². The van der Waals surface area contributed by atoms with Crippen molar-refractivity contribution in [3.05, 3.63) is 58.8 Å². The van der Waals surface area contributed by atoms with Gasteiger partial charge in [0.15, 0.2) is 5.82 Å². The Bertz CT molecular complexity index is 691. The van der Waals surface area contributed by atoms with Crippen molar-refractivity contribution < 1.29 is 0 Å². The molecule has 0 radical (unpaired) electrons. The number of fused-ring (bicyclic) bond motifs is 1. The van der Waals surface area contributed by atoms with Crippen LogP contribution in [0.1, 0.15) is 31.6 Å². The van der Waals surface area contributed by atoms with Crippen molar-refractivity contribution in [3.63, 3.8) is 0 Å². The lowest BCUT2D eigenvalue weighted by Crippen LogP contribution is -2.33. The van der Waals surface area contributed by atoms with Gasteiger partial charge in [0.2, 0.25) is 0 Å². The summed E-state index contributed by atoms with van der Waals surface area (Å²) in [6.45, 7) is 2.04. The predicted octanol–water partition coefficient (Wildman–Crippen LogP) is 2.41. The molecule has 0 bridgehead atoms. The van der Waals surface area contributed by atoms with Crippen molar-refractivity contribution in [1.82, 2.24) is 9.55 Å². The van der Waals surface area contributed by atoms with Crippen LogP contribution in [-0.4, -0.2) is 15.3 Å². The SMILES string of the molecule is CC1CC/C(=N/Nc2ccccc2)c2nccc(=O)n21. The first kappa shape index (κ1) is 12.6. The minimum absolute atomic E-state index is 0.0189. The Labute approximate surface area is 117 Å². The maximum atomic E-state index is 11.9. The number of nitrogens with zero attached hydrogens (tertiary/aromatic N) is 3. The van der Waals surface area contributed by atoms with E-state index < -0.39 is 0 Å². The van der Waals surface area contributed by atoms with E-state index in [0.717, 1.165) is 24.2 Å². The first-order chi connectivity index (χ1) is 9.75. The number of hydrogen-bond donors (Lipinski definition) is 1. The highest BCUT2D eigenvalue weighted by Gasteiger charge is 2.22. The molecule has 102 valence electrons. The highest BCUT2D eigenvalue weighted by atomic mass is 16.1. The molecule has 0 spiro atoms. The zero-order valence-corrected chi connectivity index (χ0v) is 11.3. The molecule has 0 aliphatic carbocycles. The first-order valence-corrected chi connectivity index (χ1v) is 6.71. The summed E-state index contributed by atoms with van der Waals surface area (Å²) in [5, 5.41) is 4.41. The minimum atomic E-state index is -0.0189. The van der Waals surface area contributed by atoms with E-state index in [1.807, 2.05) is 37.3 Å². The van der Waals surface area contributed by atoms with Crippen LogP contribution in [0, 0.1) is 0 Å². The molecule has 0 saturated heterocycles. The lowest BCUT2D eigenvalue weighted by Gasteiger charge is -2.24. The number of aromatic nitrogens is 2. The molecule has 1 aromatic carbocycles. The summed E-state index contributed by atoms with van der Waals surface area (Å²) in [5.74, 6) is 0.666. The van der Waals surface area contributed by atoms with Crippen molar-refractivity contribution in [3.8, 4) is 0 Å². The third-order valence-corrected chi connectivity index (χ3v) is 3.47. The van der Waals surface area contributed by atoms with Crippen LogP contribution in [0.5, 0.6) is 0 Å². The van der Waals surface area contributed by atoms with Crippen LogP contribution in [0.2, 0.25) is 0 Å². The van der Waals surface area contributed by atoms with Gasteiger partial charge in [-0.3, -0.25) is 14.8 Å². The van der Waals surface area contributed by atoms with Gasteiger partial charge in [-0.1, -0.05) is 18.2 Å². The number of rotatable bonds is 2. The third-order valence-electron chi connectivity index (χ3n) is 3.47. The molecular weight excluding hydrogens is 252 g/mol. The molecule has 1 aliphatic heterocycles. The van der Waals surface area contributed by atoms with Crippen molar-refractivity contribution in [2.24, 2.45) is 5.10 Å². The van der Waals surface area contributed by atoms with Gasteiger partial charge in [0.25, 0.3) is 5.56 Å². The van der Waals surface area contributed by atoms with Crippen LogP contribution < -0.4 is 11.0 Å². The van der Waals surface area contributed by atoms with Crippen LogP contribution in [-0.2, 0) is 0 Å². The van der Waals surface area contributed by atoms with E-state index in [9.17, 15) is 4.79 Å². The highest BCUT2D eigenvalue weighted by molar-refractivity contribution is 5.98. The summed E-state index contributed by atoms with van der Waals surface area (Å²) in [4.78, 5) is 16.3. The van der Waals surface area contributed by atoms with Crippen molar-refractivity contribution in [2.45, 2.75) is 25.8 Å². The molecule has 1 aromatic heterocycles. The molecule has 0 saturated carbocycles. The van der Waals surface area contributed by atoms with Crippen molar-refractivity contribution in [2.75, 3.05) is 5.43 Å². The smallest absolute Gasteiger partial charge is 0.253 e. The van der Waals surface area contributed by atoms with Crippen LogP contribution >= 0.6 is 0 Å². The van der Waals surface area contributed by atoms with Crippen LogP contribution in [0.3, 0.4) is 0 Å². The number of nitrogens with one attached hydrogen (secondary N) is 1. The molecule has 20 heavy (non-hydrogen) atoms. The van der Waals surface area contributed by atoms with Gasteiger partial charge in [-0.2, -0.15) is 5.10 Å². The number of hydrazone groups is 1. The van der Waals surface area contributed by atoms with E-state index in [-0.39, 0.29) is 11.6 Å². The average molecular weight is 268 g/mol. The summed E-state index contributed by atoms with van der Waals surface area (Å²) >= 11 is 0. The first-order valence-electron chi connectivity index (χ1n) is 6.71. The van der Waals surface area contributed by atoms with Crippen LogP contribution in [0.25, 0.3) is 0 Å². The summed E-state index contributed by atoms with van der Waals surface area (Å²) in [6.07, 6.45) is 3.26. The normalized spacial score (nSPS) is 19.6. The lowest BCUT2D eigenvalue weighted by atomic mass is 10.0. The molecule has 5 heteroatoms. The van der Waals surface area contributed by atoms with Gasteiger partial charge in [0, 0.05) is 18.3 Å². The van der Waals surface area contributed by atoms with Gasteiger partial charge >= 0.3 is 0 Å². The number of benzene rings is 1. The molecule has 5 nitrogen and oxygen atoms in total. The molecular formula is C15H16N4O. The summed E-state index contributed by atoms with van der Waals surface area (Å²) in [6, 6.07) is 11.4. The van der Waals surface area contributed by atoms with Crippen molar-refractivity contribution in [1.29, 1.82) is 0 Å². The fourth-order valence-electron chi connectivity index (χ4n) is 2.40. The monoisotopic (exact) mass is 268 g/mol. The molecule has 1 atom stereocenters. The zero-order chi connectivity index (χ0) is 13.9. The standard InChI is InChI=1S/C15H16N4O/c1-11-7-8-13(15-16-10-9-14(20)19(11)15)18-17-12-5-3-2-4-6-12/h2-6,9-11,17H,7-8H2,1H3/b18-13-.